The molecule has 2 N–H and O–H groups in total. The first-order valence-electron chi connectivity index (χ1n) is 13.9. The monoisotopic (exact) mass is 600 g/mol. The van der Waals surface area contributed by atoms with Gasteiger partial charge in [0.15, 0.2) is 0 Å². The summed E-state index contributed by atoms with van der Waals surface area (Å²) in [4.78, 5) is 42.6. The second-order valence-corrected chi connectivity index (χ2v) is 10.3. The SMILES string of the molecule is O=C(O)C(F)(F)F.O=C(c1cccc(-c2nc(N3CCOCC3)nc3c2CCN3c2ccncc2)c1)N1CCC(O)CC1. The Balaban J connectivity index is 0.000000472. The average Bonchev–Trinajstić information content (AvgIpc) is 3.45. The Bertz CT molecular complexity index is 1440. The number of likely N-dealkylation sites (tertiary alicyclic amines) is 1. The van der Waals surface area contributed by atoms with E-state index < -0.39 is 12.1 Å². The number of aromatic nitrogens is 3. The molecule has 0 bridgehead atoms. The molecule has 3 aliphatic rings. The van der Waals surface area contributed by atoms with Crippen LogP contribution in [0.3, 0.4) is 0 Å². The Morgan fingerprint density at radius 1 is 0.953 bits per heavy atom. The number of nitrogens with zero attached hydrogens (tertiary/aromatic N) is 6. The first kappa shape index (κ1) is 30.2. The minimum Gasteiger partial charge on any atom is -0.475 e. The number of aliphatic hydroxyl groups is 1. The molecule has 0 unspecified atom stereocenters. The predicted octanol–water partition coefficient (Wildman–Crippen LogP) is 3.30. The molecule has 0 radical (unpaired) electrons. The second kappa shape index (κ2) is 12.9. The summed E-state index contributed by atoms with van der Waals surface area (Å²) in [5.74, 6) is -1.15. The summed E-state index contributed by atoms with van der Waals surface area (Å²) in [6, 6.07) is 11.8. The zero-order valence-corrected chi connectivity index (χ0v) is 23.2. The van der Waals surface area contributed by atoms with Crippen molar-refractivity contribution < 1.29 is 37.7 Å². The molecule has 2 aromatic heterocycles. The van der Waals surface area contributed by atoms with Crippen LogP contribution in [0, 0.1) is 0 Å². The van der Waals surface area contributed by atoms with E-state index in [1.165, 1.54) is 0 Å². The number of fused-ring (bicyclic) bond motifs is 1. The van der Waals surface area contributed by atoms with E-state index in [0.717, 1.165) is 54.4 Å². The van der Waals surface area contributed by atoms with Gasteiger partial charge in [-0.2, -0.15) is 18.2 Å². The Labute approximate surface area is 245 Å². The summed E-state index contributed by atoms with van der Waals surface area (Å²) in [5, 5.41) is 17.0. The molecule has 14 heteroatoms. The van der Waals surface area contributed by atoms with E-state index >= 15 is 0 Å². The van der Waals surface area contributed by atoms with E-state index in [1.54, 1.807) is 12.4 Å². The zero-order valence-electron chi connectivity index (χ0n) is 23.2. The third-order valence-electron chi connectivity index (χ3n) is 7.46. The lowest BCUT2D eigenvalue weighted by atomic mass is 10.0. The van der Waals surface area contributed by atoms with Crippen LogP contribution < -0.4 is 9.80 Å². The fourth-order valence-electron chi connectivity index (χ4n) is 5.21. The Morgan fingerprint density at radius 3 is 2.28 bits per heavy atom. The van der Waals surface area contributed by atoms with Crippen LogP contribution in [0.1, 0.15) is 28.8 Å². The molecule has 1 amide bonds. The molecule has 11 nitrogen and oxygen atoms in total. The van der Waals surface area contributed by atoms with Crippen LogP contribution in [0.5, 0.6) is 0 Å². The number of aliphatic carboxylic acids is 1. The van der Waals surface area contributed by atoms with Crippen LogP contribution in [0.25, 0.3) is 11.3 Å². The van der Waals surface area contributed by atoms with Crippen molar-refractivity contribution >= 4 is 29.3 Å². The first-order chi connectivity index (χ1) is 20.6. The maximum atomic E-state index is 13.3. The van der Waals surface area contributed by atoms with Crippen LogP contribution in [-0.4, -0.2) is 100 Å². The highest BCUT2D eigenvalue weighted by Gasteiger charge is 2.38. The number of benzene rings is 1. The van der Waals surface area contributed by atoms with E-state index in [-0.39, 0.29) is 12.0 Å². The number of amides is 1. The second-order valence-electron chi connectivity index (χ2n) is 10.3. The highest BCUT2D eigenvalue weighted by molar-refractivity contribution is 5.95. The van der Waals surface area contributed by atoms with Gasteiger partial charge in [0.2, 0.25) is 5.95 Å². The molecule has 6 rings (SSSR count). The number of anilines is 3. The molecule has 3 aromatic rings. The number of carboxylic acids is 1. The number of ether oxygens (including phenoxy) is 1. The molecule has 3 aliphatic heterocycles. The lowest BCUT2D eigenvalue weighted by molar-refractivity contribution is -0.192. The molecule has 0 atom stereocenters. The maximum absolute atomic E-state index is 13.3. The van der Waals surface area contributed by atoms with E-state index in [0.29, 0.717) is 50.7 Å². The Hall–Kier alpha value is -4.30. The van der Waals surface area contributed by atoms with Crippen molar-refractivity contribution in [2.24, 2.45) is 0 Å². The minimum atomic E-state index is -5.08. The summed E-state index contributed by atoms with van der Waals surface area (Å²) in [6.45, 7) is 4.75. The lowest BCUT2D eigenvalue weighted by Gasteiger charge is -2.30. The van der Waals surface area contributed by atoms with Gasteiger partial charge in [-0.05, 0) is 43.5 Å². The third-order valence-corrected chi connectivity index (χ3v) is 7.46. The quantitative estimate of drug-likeness (QED) is 0.460. The molecule has 0 spiro atoms. The van der Waals surface area contributed by atoms with Crippen molar-refractivity contribution in [2.45, 2.75) is 31.5 Å². The fourth-order valence-corrected chi connectivity index (χ4v) is 5.21. The molecule has 5 heterocycles. The molecule has 43 heavy (non-hydrogen) atoms. The normalized spacial score (nSPS) is 17.3. The largest absolute Gasteiger partial charge is 0.490 e. The number of halogens is 3. The van der Waals surface area contributed by atoms with Crippen LogP contribution in [-0.2, 0) is 16.0 Å². The molecule has 1 aromatic carbocycles. The summed E-state index contributed by atoms with van der Waals surface area (Å²) in [6.07, 6.45) is 0.265. The summed E-state index contributed by atoms with van der Waals surface area (Å²) in [5.41, 5.74) is 4.59. The van der Waals surface area contributed by atoms with Crippen molar-refractivity contribution in [3.63, 3.8) is 0 Å². The number of hydrogen-bond acceptors (Lipinski definition) is 9. The number of carbonyl (C=O) groups is 2. The highest BCUT2D eigenvalue weighted by Crippen LogP contribution is 2.39. The van der Waals surface area contributed by atoms with Gasteiger partial charge in [0, 0.05) is 67.5 Å². The number of carbonyl (C=O) groups excluding carboxylic acids is 1. The van der Waals surface area contributed by atoms with Gasteiger partial charge in [0.25, 0.3) is 5.91 Å². The van der Waals surface area contributed by atoms with E-state index in [1.807, 2.05) is 41.3 Å². The number of hydrogen-bond donors (Lipinski definition) is 2. The first-order valence-corrected chi connectivity index (χ1v) is 13.9. The number of pyridine rings is 1. The molecule has 2 saturated heterocycles. The topological polar surface area (TPSA) is 132 Å². The smallest absolute Gasteiger partial charge is 0.475 e. The third kappa shape index (κ3) is 7.03. The molecule has 228 valence electrons. The van der Waals surface area contributed by atoms with Crippen molar-refractivity contribution in [1.82, 2.24) is 19.9 Å². The van der Waals surface area contributed by atoms with Gasteiger partial charge in [0.1, 0.15) is 5.82 Å². The van der Waals surface area contributed by atoms with Crippen molar-refractivity contribution in [1.29, 1.82) is 0 Å². The fraction of sp³-hybridized carbons (Fsp3) is 0.414. The van der Waals surface area contributed by atoms with Gasteiger partial charge in [0.05, 0.1) is 25.0 Å². The standard InChI is InChI=1S/C27H30N6O3.C2HF3O2/c34-22-6-11-31(12-7-22)26(35)20-3-1-2-19(18-20)24-23-8-13-33(21-4-9-28-10-5-21)25(23)30-27(29-24)32-14-16-36-17-15-32;3-2(4,5)1(6)7/h1-5,9-10,18,22,34H,6-8,11-17H2;(H,6,7). The average molecular weight is 601 g/mol. The number of morpholine rings is 1. The van der Waals surface area contributed by atoms with Crippen molar-refractivity contribution in [3.05, 3.63) is 59.9 Å². The zero-order chi connectivity index (χ0) is 30.6. The molecule has 2 fully saturated rings. The molecule has 0 saturated carbocycles. The number of carboxylic acid groups (broad SMARTS) is 1. The van der Waals surface area contributed by atoms with Gasteiger partial charge in [-0.1, -0.05) is 12.1 Å². The summed E-state index contributed by atoms with van der Waals surface area (Å²) < 4.78 is 37.3. The molecular formula is C29H31F3N6O5. The van der Waals surface area contributed by atoms with E-state index in [4.69, 9.17) is 24.6 Å². The van der Waals surface area contributed by atoms with E-state index in [9.17, 15) is 23.1 Å². The summed E-state index contributed by atoms with van der Waals surface area (Å²) >= 11 is 0. The van der Waals surface area contributed by atoms with Crippen LogP contribution in [0.2, 0.25) is 0 Å². The van der Waals surface area contributed by atoms with E-state index in [2.05, 4.69) is 14.8 Å². The Morgan fingerprint density at radius 2 is 1.63 bits per heavy atom. The van der Waals surface area contributed by atoms with Gasteiger partial charge in [-0.15, -0.1) is 0 Å². The number of rotatable bonds is 4. The molecule has 0 aliphatic carbocycles. The summed E-state index contributed by atoms with van der Waals surface area (Å²) in [7, 11) is 0. The van der Waals surface area contributed by atoms with Crippen LogP contribution >= 0.6 is 0 Å². The van der Waals surface area contributed by atoms with Gasteiger partial charge >= 0.3 is 12.1 Å². The Kier molecular flexibility index (Phi) is 9.06. The number of piperidine rings is 1. The van der Waals surface area contributed by atoms with Crippen LogP contribution in [0.4, 0.5) is 30.6 Å². The van der Waals surface area contributed by atoms with Gasteiger partial charge in [-0.25, -0.2) is 9.78 Å². The van der Waals surface area contributed by atoms with Crippen LogP contribution in [0.15, 0.2) is 48.8 Å². The van der Waals surface area contributed by atoms with Crippen molar-refractivity contribution in [3.8, 4) is 11.3 Å². The number of alkyl halides is 3. The maximum Gasteiger partial charge on any atom is 0.490 e. The predicted molar refractivity (Wildman–Crippen MR) is 150 cm³/mol. The lowest BCUT2D eigenvalue weighted by Crippen LogP contribution is -2.40. The van der Waals surface area contributed by atoms with Crippen molar-refractivity contribution in [2.75, 3.05) is 55.7 Å². The van der Waals surface area contributed by atoms with Gasteiger partial charge < -0.3 is 29.6 Å². The highest BCUT2D eigenvalue weighted by atomic mass is 19.4. The minimum absolute atomic E-state index is 0.00117. The molecular weight excluding hydrogens is 569 g/mol. The number of aliphatic hydroxyl groups excluding tert-OH is 1. The van der Waals surface area contributed by atoms with Gasteiger partial charge in [-0.3, -0.25) is 9.78 Å².